The number of nitrogens with two attached hydrogens (primary N) is 1. The molecule has 1 aromatic rings. The molecular weight excluding hydrogens is 162 g/mol. The van der Waals surface area contributed by atoms with Gasteiger partial charge < -0.3 is 5.73 Å². The second-order valence-electron chi connectivity index (χ2n) is 2.39. The number of hydrogen-bond acceptors (Lipinski definition) is 2. The van der Waals surface area contributed by atoms with Crippen molar-refractivity contribution in [2.45, 2.75) is 13.8 Å². The molecule has 0 saturated heterocycles. The van der Waals surface area contributed by atoms with Crippen LogP contribution in [0, 0.1) is 5.41 Å². The van der Waals surface area contributed by atoms with Crippen LogP contribution in [0.2, 0.25) is 0 Å². The zero-order valence-corrected chi connectivity index (χ0v) is 7.83. The number of fused-ring (bicyclic) bond motifs is 1. The predicted octanol–water partition coefficient (Wildman–Crippen LogP) is 1.76. The lowest BCUT2D eigenvalue weighted by atomic mass is 10.1. The molecule has 1 aliphatic heterocycles. The summed E-state index contributed by atoms with van der Waals surface area (Å²) in [5.41, 5.74) is 7.24. The van der Waals surface area contributed by atoms with Gasteiger partial charge >= 0.3 is 0 Å². The molecule has 2 rings (SSSR count). The van der Waals surface area contributed by atoms with E-state index in [1.54, 1.807) is 0 Å². The van der Waals surface area contributed by atoms with Gasteiger partial charge in [-0.05, 0) is 0 Å². The van der Waals surface area contributed by atoms with E-state index in [1.807, 2.05) is 38.1 Å². The number of nitrogens with zero attached hydrogens (tertiary/aromatic N) is 1. The van der Waals surface area contributed by atoms with E-state index in [4.69, 9.17) is 11.1 Å². The van der Waals surface area contributed by atoms with Crippen molar-refractivity contribution < 1.29 is 0 Å². The fourth-order valence-electron chi connectivity index (χ4n) is 1.15. The minimum atomic E-state index is 0.262. The van der Waals surface area contributed by atoms with Crippen molar-refractivity contribution in [2.24, 2.45) is 10.7 Å². The first-order valence-electron chi connectivity index (χ1n) is 4.31. The van der Waals surface area contributed by atoms with Crippen LogP contribution < -0.4 is 5.73 Å². The topological polar surface area (TPSA) is 62.2 Å². The van der Waals surface area contributed by atoms with Crippen molar-refractivity contribution in [3.63, 3.8) is 0 Å². The van der Waals surface area contributed by atoms with Crippen LogP contribution in [0.15, 0.2) is 29.3 Å². The Bertz CT molecular complexity index is 353. The first-order chi connectivity index (χ1) is 6.29. The van der Waals surface area contributed by atoms with Gasteiger partial charge in [0.15, 0.2) is 5.84 Å². The van der Waals surface area contributed by atoms with Gasteiger partial charge in [0.2, 0.25) is 0 Å². The monoisotopic (exact) mass is 175 g/mol. The molecule has 0 fully saturated rings. The molecule has 0 atom stereocenters. The van der Waals surface area contributed by atoms with Crippen LogP contribution in [0.4, 0.5) is 0 Å². The predicted molar refractivity (Wildman–Crippen MR) is 55.3 cm³/mol. The number of aliphatic imine (C=N–C) groups is 1. The average molecular weight is 175 g/mol. The third kappa shape index (κ3) is 1.59. The van der Waals surface area contributed by atoms with Crippen LogP contribution in [0.1, 0.15) is 25.0 Å². The lowest BCUT2D eigenvalue weighted by molar-refractivity contribution is 1.45. The van der Waals surface area contributed by atoms with Gasteiger partial charge in [-0.25, -0.2) is 4.99 Å². The SMILES string of the molecule is CC.N=C1N=C(N)c2ccccc21. The van der Waals surface area contributed by atoms with E-state index in [-0.39, 0.29) is 5.84 Å². The van der Waals surface area contributed by atoms with Crippen LogP contribution in [-0.2, 0) is 0 Å². The fraction of sp³-hybridized carbons (Fsp3) is 0.200. The van der Waals surface area contributed by atoms with Crippen molar-refractivity contribution in [1.82, 2.24) is 0 Å². The third-order valence-electron chi connectivity index (χ3n) is 1.69. The van der Waals surface area contributed by atoms with Gasteiger partial charge in [0.1, 0.15) is 5.84 Å². The number of amidine groups is 2. The molecule has 1 heterocycles. The van der Waals surface area contributed by atoms with E-state index in [0.717, 1.165) is 11.1 Å². The van der Waals surface area contributed by atoms with Crippen molar-refractivity contribution in [3.05, 3.63) is 35.4 Å². The highest BCUT2D eigenvalue weighted by Crippen LogP contribution is 2.15. The summed E-state index contributed by atoms with van der Waals surface area (Å²) < 4.78 is 0. The zero-order valence-electron chi connectivity index (χ0n) is 7.83. The van der Waals surface area contributed by atoms with Gasteiger partial charge in [-0.3, -0.25) is 5.41 Å². The zero-order chi connectivity index (χ0) is 9.84. The maximum atomic E-state index is 7.39. The lowest BCUT2D eigenvalue weighted by Gasteiger charge is -1.94. The molecule has 0 aromatic heterocycles. The van der Waals surface area contributed by atoms with Gasteiger partial charge in [0.25, 0.3) is 0 Å². The van der Waals surface area contributed by atoms with Crippen molar-refractivity contribution >= 4 is 11.7 Å². The molecule has 0 amide bonds. The van der Waals surface area contributed by atoms with E-state index < -0.39 is 0 Å². The van der Waals surface area contributed by atoms with Crippen LogP contribution >= 0.6 is 0 Å². The van der Waals surface area contributed by atoms with Crippen LogP contribution in [0.5, 0.6) is 0 Å². The van der Waals surface area contributed by atoms with Gasteiger partial charge in [0, 0.05) is 11.1 Å². The standard InChI is InChI=1S/C8H7N3.C2H6/c9-7-5-3-1-2-4-6(5)8(10)11-7;1-2/h1-4H,(H3,9,10,11);1-2H3. The second kappa shape index (κ2) is 3.85. The first kappa shape index (κ1) is 9.45. The van der Waals surface area contributed by atoms with E-state index >= 15 is 0 Å². The molecule has 1 aliphatic rings. The fourth-order valence-corrected chi connectivity index (χ4v) is 1.15. The second-order valence-corrected chi connectivity index (χ2v) is 2.39. The van der Waals surface area contributed by atoms with Crippen LogP contribution in [-0.4, -0.2) is 11.7 Å². The molecule has 0 bridgehead atoms. The van der Waals surface area contributed by atoms with E-state index in [9.17, 15) is 0 Å². The Hall–Kier alpha value is -1.64. The highest BCUT2D eigenvalue weighted by atomic mass is 14.9. The molecule has 3 nitrogen and oxygen atoms in total. The summed E-state index contributed by atoms with van der Waals surface area (Å²) in [7, 11) is 0. The molecule has 0 spiro atoms. The molecule has 1 aromatic carbocycles. The molecule has 3 heteroatoms. The summed E-state index contributed by atoms with van der Waals surface area (Å²) in [5.74, 6) is 0.712. The maximum Gasteiger partial charge on any atom is 0.154 e. The van der Waals surface area contributed by atoms with Crippen molar-refractivity contribution in [3.8, 4) is 0 Å². The van der Waals surface area contributed by atoms with Gasteiger partial charge in [0.05, 0.1) is 0 Å². The molecule has 0 saturated carbocycles. The number of nitrogens with one attached hydrogen (secondary N) is 1. The summed E-state index contributed by atoms with van der Waals surface area (Å²) in [4.78, 5) is 3.83. The molecule has 0 radical (unpaired) electrons. The highest BCUT2D eigenvalue weighted by molar-refractivity contribution is 6.20. The Kier molecular flexibility index (Phi) is 2.80. The summed E-state index contributed by atoms with van der Waals surface area (Å²) in [5, 5.41) is 7.39. The molecule has 3 N–H and O–H groups in total. The Morgan fingerprint density at radius 2 is 1.69 bits per heavy atom. The minimum absolute atomic E-state index is 0.262. The smallest absolute Gasteiger partial charge is 0.154 e. The van der Waals surface area contributed by atoms with Crippen molar-refractivity contribution in [1.29, 1.82) is 5.41 Å². The molecule has 68 valence electrons. The number of benzene rings is 1. The Morgan fingerprint density at radius 1 is 1.15 bits per heavy atom. The summed E-state index contributed by atoms with van der Waals surface area (Å²) in [6.07, 6.45) is 0. The molecule has 13 heavy (non-hydrogen) atoms. The van der Waals surface area contributed by atoms with Gasteiger partial charge in [-0.2, -0.15) is 0 Å². The van der Waals surface area contributed by atoms with Gasteiger partial charge in [-0.15, -0.1) is 0 Å². The number of hydrogen-bond donors (Lipinski definition) is 2. The third-order valence-corrected chi connectivity index (χ3v) is 1.69. The summed E-state index contributed by atoms with van der Waals surface area (Å²) in [6, 6.07) is 7.48. The number of rotatable bonds is 0. The largest absolute Gasteiger partial charge is 0.383 e. The Labute approximate surface area is 77.8 Å². The average Bonchev–Trinajstić information content (AvgIpc) is 2.47. The highest BCUT2D eigenvalue weighted by Gasteiger charge is 2.16. The van der Waals surface area contributed by atoms with Crippen LogP contribution in [0.3, 0.4) is 0 Å². The van der Waals surface area contributed by atoms with E-state index in [2.05, 4.69) is 4.99 Å². The molecule has 0 aliphatic carbocycles. The normalized spacial score (nSPS) is 12.8. The minimum Gasteiger partial charge on any atom is -0.383 e. The van der Waals surface area contributed by atoms with E-state index in [1.165, 1.54) is 0 Å². The maximum absolute atomic E-state index is 7.39. The molecule has 0 unspecified atom stereocenters. The quantitative estimate of drug-likeness (QED) is 0.620. The Balaban J connectivity index is 0.000000396. The van der Waals surface area contributed by atoms with Crippen molar-refractivity contribution in [2.75, 3.05) is 0 Å². The molecular formula is C10H13N3. The van der Waals surface area contributed by atoms with E-state index in [0.29, 0.717) is 5.84 Å². The first-order valence-corrected chi connectivity index (χ1v) is 4.31. The summed E-state index contributed by atoms with van der Waals surface area (Å²) in [6.45, 7) is 4.00. The summed E-state index contributed by atoms with van der Waals surface area (Å²) >= 11 is 0. The van der Waals surface area contributed by atoms with Gasteiger partial charge in [-0.1, -0.05) is 38.1 Å². The lowest BCUT2D eigenvalue weighted by Crippen LogP contribution is -2.09. The van der Waals surface area contributed by atoms with Crippen LogP contribution in [0.25, 0.3) is 0 Å². The Morgan fingerprint density at radius 3 is 2.23 bits per heavy atom.